The van der Waals surface area contributed by atoms with E-state index < -0.39 is 5.97 Å². The lowest BCUT2D eigenvalue weighted by Crippen LogP contribution is -2.27. The number of carbonyl (C=O) groups is 1. The highest BCUT2D eigenvalue weighted by Crippen LogP contribution is 2.21. The van der Waals surface area contributed by atoms with Crippen molar-refractivity contribution in [1.82, 2.24) is 4.98 Å². The summed E-state index contributed by atoms with van der Waals surface area (Å²) in [5.41, 5.74) is 0.205. The van der Waals surface area contributed by atoms with Gasteiger partial charge in [-0.05, 0) is 25.0 Å². The van der Waals surface area contributed by atoms with E-state index in [1.807, 2.05) is 18.7 Å². The van der Waals surface area contributed by atoms with E-state index >= 15 is 0 Å². The maximum atomic E-state index is 11.1. The fourth-order valence-electron chi connectivity index (χ4n) is 1.70. The molecule has 1 heterocycles. The van der Waals surface area contributed by atoms with Crippen LogP contribution in [0.5, 0.6) is 0 Å². The van der Waals surface area contributed by atoms with Crippen molar-refractivity contribution in [3.8, 4) is 0 Å². The number of halogens is 1. The molecule has 1 aromatic rings. The number of anilines is 1. The van der Waals surface area contributed by atoms with Gasteiger partial charge in [-0.3, -0.25) is 0 Å². The summed E-state index contributed by atoms with van der Waals surface area (Å²) < 4.78 is 0. The Morgan fingerprint density at radius 1 is 1.35 bits per heavy atom. The van der Waals surface area contributed by atoms with Gasteiger partial charge in [0.05, 0.1) is 0 Å². The molecule has 0 saturated heterocycles. The van der Waals surface area contributed by atoms with E-state index in [4.69, 9.17) is 16.7 Å². The fourth-order valence-corrected chi connectivity index (χ4v) is 1.84. The standard InChI is InChI=1S/C12H17ClN2O2/c1-3-7-15(8-4-2)11-9(12(16)17)5-6-10(13)14-11/h5-6H,3-4,7-8H2,1-2H3,(H,16,17). The summed E-state index contributed by atoms with van der Waals surface area (Å²) in [6.07, 6.45) is 1.88. The maximum Gasteiger partial charge on any atom is 0.339 e. The predicted octanol–water partition coefficient (Wildman–Crippen LogP) is 3.06. The molecule has 0 amide bonds. The van der Waals surface area contributed by atoms with Gasteiger partial charge in [-0.1, -0.05) is 25.4 Å². The number of pyridine rings is 1. The molecule has 0 bridgehead atoms. The van der Waals surface area contributed by atoms with Crippen LogP contribution in [0.15, 0.2) is 12.1 Å². The molecular weight excluding hydrogens is 240 g/mol. The molecule has 1 N–H and O–H groups in total. The van der Waals surface area contributed by atoms with Crippen molar-refractivity contribution >= 4 is 23.4 Å². The van der Waals surface area contributed by atoms with Gasteiger partial charge in [0.2, 0.25) is 0 Å². The Bertz CT molecular complexity index is 390. The summed E-state index contributed by atoms with van der Waals surface area (Å²) >= 11 is 5.84. The van der Waals surface area contributed by atoms with Crippen LogP contribution in [0.4, 0.5) is 5.82 Å². The number of carboxylic acid groups (broad SMARTS) is 1. The number of hydrogen-bond acceptors (Lipinski definition) is 3. The first kappa shape index (κ1) is 13.8. The minimum atomic E-state index is -0.971. The van der Waals surface area contributed by atoms with Crippen LogP contribution in [-0.4, -0.2) is 29.1 Å². The minimum absolute atomic E-state index is 0.205. The van der Waals surface area contributed by atoms with Crippen LogP contribution in [0.25, 0.3) is 0 Å². The quantitative estimate of drug-likeness (QED) is 0.795. The van der Waals surface area contributed by atoms with Crippen molar-refractivity contribution in [3.05, 3.63) is 22.8 Å². The Morgan fingerprint density at radius 2 is 1.94 bits per heavy atom. The maximum absolute atomic E-state index is 11.1. The van der Waals surface area contributed by atoms with Crippen LogP contribution < -0.4 is 4.90 Å². The molecule has 0 radical (unpaired) electrons. The van der Waals surface area contributed by atoms with E-state index in [1.165, 1.54) is 12.1 Å². The smallest absolute Gasteiger partial charge is 0.339 e. The number of hydrogen-bond donors (Lipinski definition) is 1. The van der Waals surface area contributed by atoms with Gasteiger partial charge in [0.25, 0.3) is 0 Å². The fraction of sp³-hybridized carbons (Fsp3) is 0.500. The molecule has 5 heteroatoms. The third-order valence-electron chi connectivity index (χ3n) is 2.36. The zero-order chi connectivity index (χ0) is 12.8. The van der Waals surface area contributed by atoms with Gasteiger partial charge >= 0.3 is 5.97 Å². The lowest BCUT2D eigenvalue weighted by Gasteiger charge is -2.24. The first-order chi connectivity index (χ1) is 8.10. The Kier molecular flexibility index (Phi) is 5.22. The molecule has 0 fully saturated rings. The number of carboxylic acids is 1. The van der Waals surface area contributed by atoms with Crippen molar-refractivity contribution in [1.29, 1.82) is 0 Å². The Morgan fingerprint density at radius 3 is 2.41 bits per heavy atom. The van der Waals surface area contributed by atoms with Gasteiger partial charge in [0, 0.05) is 13.1 Å². The SMILES string of the molecule is CCCN(CCC)c1nc(Cl)ccc1C(=O)O. The van der Waals surface area contributed by atoms with E-state index in [0.717, 1.165) is 25.9 Å². The molecule has 17 heavy (non-hydrogen) atoms. The van der Waals surface area contributed by atoms with Crippen LogP contribution in [0.2, 0.25) is 5.15 Å². The van der Waals surface area contributed by atoms with E-state index in [-0.39, 0.29) is 5.56 Å². The van der Waals surface area contributed by atoms with Gasteiger partial charge in [0.15, 0.2) is 0 Å². The van der Waals surface area contributed by atoms with Gasteiger partial charge in [-0.25, -0.2) is 9.78 Å². The van der Waals surface area contributed by atoms with Crippen molar-refractivity contribution in [2.24, 2.45) is 0 Å². The minimum Gasteiger partial charge on any atom is -0.478 e. The third-order valence-corrected chi connectivity index (χ3v) is 2.57. The van der Waals surface area contributed by atoms with Gasteiger partial charge < -0.3 is 10.0 Å². The average molecular weight is 257 g/mol. The van der Waals surface area contributed by atoms with Crippen LogP contribution in [0.1, 0.15) is 37.0 Å². The van der Waals surface area contributed by atoms with Crippen molar-refractivity contribution in [2.75, 3.05) is 18.0 Å². The summed E-state index contributed by atoms with van der Waals surface area (Å²) in [6.45, 7) is 5.66. The second-order valence-corrected chi connectivity index (χ2v) is 4.18. The van der Waals surface area contributed by atoms with Gasteiger partial charge in [-0.15, -0.1) is 0 Å². The summed E-state index contributed by atoms with van der Waals surface area (Å²) in [5, 5.41) is 9.45. The Balaban J connectivity index is 3.14. The van der Waals surface area contributed by atoms with Gasteiger partial charge in [0.1, 0.15) is 16.5 Å². The van der Waals surface area contributed by atoms with Crippen molar-refractivity contribution < 1.29 is 9.90 Å². The summed E-state index contributed by atoms with van der Waals surface area (Å²) in [4.78, 5) is 17.2. The van der Waals surface area contributed by atoms with Crippen LogP contribution in [0, 0.1) is 0 Å². The highest BCUT2D eigenvalue weighted by molar-refractivity contribution is 6.29. The highest BCUT2D eigenvalue weighted by Gasteiger charge is 2.17. The molecule has 0 aliphatic rings. The third kappa shape index (κ3) is 3.60. The number of aromatic nitrogens is 1. The average Bonchev–Trinajstić information content (AvgIpc) is 2.28. The largest absolute Gasteiger partial charge is 0.478 e. The molecule has 4 nitrogen and oxygen atoms in total. The second-order valence-electron chi connectivity index (χ2n) is 3.80. The molecule has 0 aliphatic heterocycles. The highest BCUT2D eigenvalue weighted by atomic mass is 35.5. The molecule has 94 valence electrons. The van der Waals surface area contributed by atoms with Crippen LogP contribution in [-0.2, 0) is 0 Å². The number of aromatic carboxylic acids is 1. The predicted molar refractivity (Wildman–Crippen MR) is 69.0 cm³/mol. The summed E-state index contributed by atoms with van der Waals surface area (Å²) in [6, 6.07) is 3.01. The number of rotatable bonds is 6. The van der Waals surface area contributed by atoms with Gasteiger partial charge in [-0.2, -0.15) is 0 Å². The second kappa shape index (κ2) is 6.45. The molecule has 0 unspecified atom stereocenters. The zero-order valence-electron chi connectivity index (χ0n) is 10.1. The van der Waals surface area contributed by atoms with Crippen molar-refractivity contribution in [2.45, 2.75) is 26.7 Å². The van der Waals surface area contributed by atoms with E-state index in [0.29, 0.717) is 11.0 Å². The normalized spacial score (nSPS) is 10.3. The molecule has 0 aromatic carbocycles. The number of nitrogens with zero attached hydrogens (tertiary/aromatic N) is 2. The summed E-state index contributed by atoms with van der Waals surface area (Å²) in [7, 11) is 0. The van der Waals surface area contributed by atoms with Crippen LogP contribution >= 0.6 is 11.6 Å². The molecule has 0 saturated carbocycles. The molecule has 0 spiro atoms. The van der Waals surface area contributed by atoms with E-state index in [9.17, 15) is 4.79 Å². The van der Waals surface area contributed by atoms with Crippen LogP contribution in [0.3, 0.4) is 0 Å². The zero-order valence-corrected chi connectivity index (χ0v) is 10.9. The first-order valence-electron chi connectivity index (χ1n) is 5.74. The first-order valence-corrected chi connectivity index (χ1v) is 6.12. The van der Waals surface area contributed by atoms with Crippen molar-refractivity contribution in [3.63, 3.8) is 0 Å². The monoisotopic (exact) mass is 256 g/mol. The van der Waals surface area contributed by atoms with E-state index in [2.05, 4.69) is 4.98 Å². The molecule has 1 rings (SSSR count). The molecule has 0 aliphatic carbocycles. The lowest BCUT2D eigenvalue weighted by molar-refractivity contribution is 0.0697. The summed E-state index contributed by atoms with van der Waals surface area (Å²) in [5.74, 6) is -0.505. The molecule has 0 atom stereocenters. The Labute approximate surface area is 106 Å². The van der Waals surface area contributed by atoms with E-state index in [1.54, 1.807) is 0 Å². The molecular formula is C12H17ClN2O2. The topological polar surface area (TPSA) is 53.4 Å². The molecule has 1 aromatic heterocycles. The lowest BCUT2D eigenvalue weighted by atomic mass is 10.2. The Hall–Kier alpha value is -1.29.